The van der Waals surface area contributed by atoms with Gasteiger partial charge in [0, 0.05) is 23.6 Å². The molecule has 2 fully saturated rings. The van der Waals surface area contributed by atoms with Gasteiger partial charge < -0.3 is 0 Å². The van der Waals surface area contributed by atoms with Crippen molar-refractivity contribution in [2.24, 2.45) is 0 Å². The molecule has 26 heavy (non-hydrogen) atoms. The van der Waals surface area contributed by atoms with Gasteiger partial charge in [0.2, 0.25) is 5.91 Å². The number of benzene rings is 2. The Balaban J connectivity index is 1.81. The van der Waals surface area contributed by atoms with Crippen LogP contribution in [0.5, 0.6) is 0 Å². The highest BCUT2D eigenvalue weighted by atomic mass is 35.5. The molecule has 2 aromatic rings. The highest BCUT2D eigenvalue weighted by molar-refractivity contribution is 6.31. The third-order valence-corrected chi connectivity index (χ3v) is 6.17. The molecule has 2 heterocycles. The minimum absolute atomic E-state index is 0.218. The molecule has 0 N–H and O–H groups in total. The van der Waals surface area contributed by atoms with Gasteiger partial charge in [0.15, 0.2) is 0 Å². The monoisotopic (exact) mass is 364 g/mol. The minimum atomic E-state index is -0.218. The Morgan fingerprint density at radius 1 is 1.00 bits per heavy atom. The Kier molecular flexibility index (Phi) is 3.61. The van der Waals surface area contributed by atoms with Crippen molar-refractivity contribution >= 4 is 28.8 Å². The fourth-order valence-electron chi connectivity index (χ4n) is 4.82. The molecule has 0 atom stereocenters. The lowest BCUT2D eigenvalue weighted by Gasteiger charge is -2.41. The second-order valence-electron chi connectivity index (χ2n) is 7.47. The number of rotatable bonds is 1. The fourth-order valence-corrected chi connectivity index (χ4v) is 4.99. The van der Waals surface area contributed by atoms with Crippen LogP contribution >= 0.6 is 11.6 Å². The Hall–Kier alpha value is -2.26. The number of carbonyl (C=O) groups is 1. The normalized spacial score (nSPS) is 20.8. The molecule has 2 aromatic carbocycles. The molecule has 3 aliphatic rings. The van der Waals surface area contributed by atoms with E-state index in [0.29, 0.717) is 6.42 Å². The van der Waals surface area contributed by atoms with Crippen LogP contribution in [0, 0.1) is 0 Å². The van der Waals surface area contributed by atoms with Gasteiger partial charge in [0.25, 0.3) is 0 Å². The molecule has 0 radical (unpaired) electrons. The van der Waals surface area contributed by atoms with E-state index < -0.39 is 0 Å². The second kappa shape index (κ2) is 5.88. The van der Waals surface area contributed by atoms with E-state index in [1.807, 2.05) is 18.2 Å². The number of carbonyl (C=O) groups excluding carboxylic acids is 1. The number of fused-ring (bicyclic) bond motifs is 4. The molecule has 132 valence electrons. The Morgan fingerprint density at radius 3 is 2.54 bits per heavy atom. The number of hydrazine groups is 1. The van der Waals surface area contributed by atoms with E-state index in [0.717, 1.165) is 48.5 Å². The van der Waals surface area contributed by atoms with E-state index in [1.54, 1.807) is 0 Å². The summed E-state index contributed by atoms with van der Waals surface area (Å²) in [4.78, 5) is 12.9. The van der Waals surface area contributed by atoms with Gasteiger partial charge in [0.05, 0.1) is 11.2 Å². The van der Waals surface area contributed by atoms with E-state index >= 15 is 0 Å². The van der Waals surface area contributed by atoms with Gasteiger partial charge in [-0.15, -0.1) is 0 Å². The third kappa shape index (κ3) is 2.30. The molecule has 1 aliphatic carbocycles. The summed E-state index contributed by atoms with van der Waals surface area (Å²) in [5.74, 6) is 0.235. The summed E-state index contributed by atoms with van der Waals surface area (Å²) in [6.07, 6.45) is 7.30. The zero-order chi connectivity index (χ0) is 17.7. The molecule has 0 unspecified atom stereocenters. The molecular weight excluding hydrogens is 344 g/mol. The smallest absolute Gasteiger partial charge is 0.243 e. The predicted octanol–water partition coefficient (Wildman–Crippen LogP) is 5.05. The maximum atomic E-state index is 12.9. The van der Waals surface area contributed by atoms with Crippen LogP contribution in [0.3, 0.4) is 0 Å². The first kappa shape index (κ1) is 16.0. The van der Waals surface area contributed by atoms with Crippen molar-refractivity contribution in [2.75, 3.05) is 11.6 Å². The summed E-state index contributed by atoms with van der Waals surface area (Å²) in [5, 5.41) is 4.99. The molecule has 0 bridgehead atoms. The van der Waals surface area contributed by atoms with Crippen LogP contribution in [0.15, 0.2) is 54.6 Å². The van der Waals surface area contributed by atoms with Crippen molar-refractivity contribution in [3.63, 3.8) is 0 Å². The maximum Gasteiger partial charge on any atom is 0.243 e. The molecule has 3 nitrogen and oxygen atoms in total. The molecule has 2 aliphatic heterocycles. The van der Waals surface area contributed by atoms with E-state index in [2.05, 4.69) is 46.4 Å². The second-order valence-corrected chi connectivity index (χ2v) is 7.91. The summed E-state index contributed by atoms with van der Waals surface area (Å²) < 4.78 is 0. The molecule has 1 saturated heterocycles. The number of anilines is 1. The van der Waals surface area contributed by atoms with Gasteiger partial charge in [-0.05, 0) is 48.3 Å². The highest BCUT2D eigenvalue weighted by Crippen LogP contribution is 2.48. The van der Waals surface area contributed by atoms with E-state index in [1.165, 1.54) is 11.1 Å². The topological polar surface area (TPSA) is 23.6 Å². The number of halogens is 1. The SMILES string of the molecule is O=C1CCN2c3ccc(Cl)cc3C(c3ccccc3)=CC3(CCCC3)N12. The first-order chi connectivity index (χ1) is 12.7. The van der Waals surface area contributed by atoms with Gasteiger partial charge >= 0.3 is 0 Å². The summed E-state index contributed by atoms with van der Waals surface area (Å²) in [5.41, 5.74) is 4.35. The Morgan fingerprint density at radius 2 is 1.77 bits per heavy atom. The van der Waals surface area contributed by atoms with Crippen molar-refractivity contribution in [3.05, 3.63) is 70.8 Å². The average molecular weight is 365 g/mol. The van der Waals surface area contributed by atoms with Crippen LogP contribution in [0.2, 0.25) is 5.02 Å². The predicted molar refractivity (Wildman–Crippen MR) is 105 cm³/mol. The van der Waals surface area contributed by atoms with E-state index in [-0.39, 0.29) is 11.4 Å². The largest absolute Gasteiger partial charge is 0.281 e. The van der Waals surface area contributed by atoms with Gasteiger partial charge in [-0.1, -0.05) is 54.8 Å². The first-order valence-corrected chi connectivity index (χ1v) is 9.74. The quantitative estimate of drug-likeness (QED) is 0.706. The van der Waals surface area contributed by atoms with Crippen LogP contribution in [0.4, 0.5) is 5.69 Å². The lowest BCUT2D eigenvalue weighted by molar-refractivity contribution is -0.132. The number of amides is 1. The lowest BCUT2D eigenvalue weighted by atomic mass is 9.88. The lowest BCUT2D eigenvalue weighted by Crippen LogP contribution is -2.53. The summed E-state index contributed by atoms with van der Waals surface area (Å²) in [6, 6.07) is 16.5. The van der Waals surface area contributed by atoms with Crippen LogP contribution in [-0.4, -0.2) is 23.0 Å². The van der Waals surface area contributed by atoms with Crippen molar-refractivity contribution in [1.29, 1.82) is 0 Å². The van der Waals surface area contributed by atoms with Gasteiger partial charge in [-0.2, -0.15) is 0 Å². The molecular formula is C22H21ClN2O. The maximum absolute atomic E-state index is 12.9. The molecule has 0 aromatic heterocycles. The summed E-state index contributed by atoms with van der Waals surface area (Å²) in [6.45, 7) is 0.741. The van der Waals surface area contributed by atoms with Crippen LogP contribution in [0.1, 0.15) is 43.2 Å². The average Bonchev–Trinajstić information content (AvgIpc) is 3.25. The van der Waals surface area contributed by atoms with Crippen molar-refractivity contribution in [2.45, 2.75) is 37.6 Å². The van der Waals surface area contributed by atoms with Crippen molar-refractivity contribution in [1.82, 2.24) is 5.01 Å². The Bertz CT molecular complexity index is 900. The van der Waals surface area contributed by atoms with Gasteiger partial charge in [-0.25, -0.2) is 5.01 Å². The van der Waals surface area contributed by atoms with Crippen molar-refractivity contribution < 1.29 is 4.79 Å². The van der Waals surface area contributed by atoms with Crippen LogP contribution in [0.25, 0.3) is 5.57 Å². The van der Waals surface area contributed by atoms with E-state index in [4.69, 9.17) is 11.6 Å². The van der Waals surface area contributed by atoms with Gasteiger partial charge in [-0.3, -0.25) is 9.80 Å². The van der Waals surface area contributed by atoms with Crippen LogP contribution in [-0.2, 0) is 4.79 Å². The zero-order valence-corrected chi connectivity index (χ0v) is 15.4. The molecule has 5 rings (SSSR count). The van der Waals surface area contributed by atoms with Crippen molar-refractivity contribution in [3.8, 4) is 0 Å². The number of hydrogen-bond acceptors (Lipinski definition) is 2. The highest BCUT2D eigenvalue weighted by Gasteiger charge is 2.48. The first-order valence-electron chi connectivity index (χ1n) is 9.37. The minimum Gasteiger partial charge on any atom is -0.281 e. The summed E-state index contributed by atoms with van der Waals surface area (Å²) in [7, 11) is 0. The van der Waals surface area contributed by atoms with Gasteiger partial charge in [0.1, 0.15) is 0 Å². The molecule has 1 saturated carbocycles. The number of hydrogen-bond donors (Lipinski definition) is 0. The molecule has 1 spiro atoms. The third-order valence-electron chi connectivity index (χ3n) is 5.93. The summed E-state index contributed by atoms with van der Waals surface area (Å²) >= 11 is 6.38. The zero-order valence-electron chi connectivity index (χ0n) is 14.6. The number of nitrogens with zero attached hydrogens (tertiary/aromatic N) is 2. The molecule has 1 amide bonds. The standard InChI is InChI=1S/C22H21ClN2O/c23-17-8-9-20-18(14-17)19(16-6-2-1-3-7-16)15-22(11-4-5-12-22)25-21(26)10-13-24(20)25/h1-3,6-9,14-15H,4-5,10-13H2. The fraction of sp³-hybridized carbons (Fsp3) is 0.318. The molecule has 4 heteroatoms. The Labute approximate surface area is 158 Å². The van der Waals surface area contributed by atoms with Crippen LogP contribution < -0.4 is 5.01 Å². The van der Waals surface area contributed by atoms with E-state index in [9.17, 15) is 4.79 Å².